The van der Waals surface area contributed by atoms with Crippen molar-refractivity contribution in [2.75, 3.05) is 13.7 Å². The van der Waals surface area contributed by atoms with Gasteiger partial charge in [-0.1, -0.05) is 12.1 Å². The fourth-order valence-corrected chi connectivity index (χ4v) is 1.99. The topological polar surface area (TPSA) is 38.7 Å². The highest BCUT2D eigenvalue weighted by Crippen LogP contribution is 2.36. The first-order chi connectivity index (χ1) is 7.16. The van der Waals surface area contributed by atoms with E-state index in [1.54, 1.807) is 7.11 Å². The van der Waals surface area contributed by atoms with Gasteiger partial charge in [0.15, 0.2) is 0 Å². The van der Waals surface area contributed by atoms with E-state index in [0.29, 0.717) is 13.0 Å². The molecule has 0 amide bonds. The summed E-state index contributed by atoms with van der Waals surface area (Å²) in [6, 6.07) is 7.50. The van der Waals surface area contributed by atoms with E-state index in [9.17, 15) is 5.11 Å². The van der Waals surface area contributed by atoms with E-state index in [1.165, 1.54) is 0 Å². The van der Waals surface area contributed by atoms with Crippen molar-refractivity contribution in [3.05, 3.63) is 29.8 Å². The van der Waals surface area contributed by atoms with Gasteiger partial charge in [-0.3, -0.25) is 0 Å². The maximum Gasteiger partial charge on any atom is 0.118 e. The van der Waals surface area contributed by atoms with Gasteiger partial charge in [0.05, 0.1) is 19.8 Å². The molecule has 2 atom stereocenters. The van der Waals surface area contributed by atoms with Crippen LogP contribution in [-0.2, 0) is 10.3 Å². The van der Waals surface area contributed by atoms with Crippen molar-refractivity contribution >= 4 is 0 Å². The van der Waals surface area contributed by atoms with Crippen LogP contribution in [0.4, 0.5) is 0 Å². The molecule has 1 aromatic rings. The second-order valence-corrected chi connectivity index (χ2v) is 3.92. The van der Waals surface area contributed by atoms with Crippen LogP contribution in [0.5, 0.6) is 5.75 Å². The van der Waals surface area contributed by atoms with Crippen molar-refractivity contribution in [3.63, 3.8) is 0 Å². The van der Waals surface area contributed by atoms with Crippen LogP contribution >= 0.6 is 0 Å². The van der Waals surface area contributed by atoms with Gasteiger partial charge >= 0.3 is 0 Å². The molecule has 0 saturated carbocycles. The molecule has 2 unspecified atom stereocenters. The second kappa shape index (κ2) is 3.83. The fourth-order valence-electron chi connectivity index (χ4n) is 1.99. The van der Waals surface area contributed by atoms with Gasteiger partial charge in [-0.2, -0.15) is 0 Å². The third-order valence-electron chi connectivity index (χ3n) is 3.11. The third-order valence-corrected chi connectivity index (χ3v) is 3.11. The summed E-state index contributed by atoms with van der Waals surface area (Å²) in [5.41, 5.74) is 0.0556. The third kappa shape index (κ3) is 1.73. The minimum atomic E-state index is -0.841. The van der Waals surface area contributed by atoms with Crippen LogP contribution in [0.1, 0.15) is 18.9 Å². The molecule has 0 radical (unpaired) electrons. The van der Waals surface area contributed by atoms with Crippen molar-refractivity contribution in [1.29, 1.82) is 0 Å². The summed E-state index contributed by atoms with van der Waals surface area (Å²) in [5.74, 6) is 0.800. The molecule has 0 bridgehead atoms. The normalized spacial score (nSPS) is 30.5. The highest BCUT2D eigenvalue weighted by Gasteiger charge is 2.40. The van der Waals surface area contributed by atoms with E-state index < -0.39 is 5.60 Å². The molecule has 1 aliphatic heterocycles. The summed E-state index contributed by atoms with van der Waals surface area (Å²) in [4.78, 5) is 0. The van der Waals surface area contributed by atoms with E-state index in [-0.39, 0.29) is 6.10 Å². The van der Waals surface area contributed by atoms with Gasteiger partial charge in [-0.05, 0) is 24.6 Å². The molecule has 1 N–H and O–H groups in total. The molecule has 1 fully saturated rings. The summed E-state index contributed by atoms with van der Waals surface area (Å²) < 4.78 is 10.5. The summed E-state index contributed by atoms with van der Waals surface area (Å²) >= 11 is 0. The lowest BCUT2D eigenvalue weighted by Gasteiger charge is -2.26. The zero-order valence-corrected chi connectivity index (χ0v) is 9.06. The van der Waals surface area contributed by atoms with Crippen LogP contribution in [-0.4, -0.2) is 24.9 Å². The van der Waals surface area contributed by atoms with E-state index in [1.807, 2.05) is 31.2 Å². The molecule has 0 spiro atoms. The Hall–Kier alpha value is -1.06. The standard InChI is InChI=1S/C12H16O3/c1-9-12(13,7-8-15-9)10-3-5-11(14-2)6-4-10/h3-6,9,13H,7-8H2,1-2H3. The van der Waals surface area contributed by atoms with Gasteiger partial charge in [-0.15, -0.1) is 0 Å². The number of hydrogen-bond acceptors (Lipinski definition) is 3. The first kappa shape index (κ1) is 10.5. The van der Waals surface area contributed by atoms with Crippen LogP contribution in [0.3, 0.4) is 0 Å². The van der Waals surface area contributed by atoms with Crippen LogP contribution in [0, 0.1) is 0 Å². The molecule has 1 aliphatic rings. The maximum absolute atomic E-state index is 10.4. The molecule has 0 aliphatic carbocycles. The Morgan fingerprint density at radius 1 is 1.40 bits per heavy atom. The predicted octanol–water partition coefficient (Wildman–Crippen LogP) is 1.69. The lowest BCUT2D eigenvalue weighted by Crippen LogP contribution is -2.32. The van der Waals surface area contributed by atoms with E-state index in [2.05, 4.69) is 0 Å². The highest BCUT2D eigenvalue weighted by atomic mass is 16.5. The Morgan fingerprint density at radius 2 is 2.07 bits per heavy atom. The molecule has 1 aromatic carbocycles. The molecule has 3 heteroatoms. The second-order valence-electron chi connectivity index (χ2n) is 3.92. The Bertz CT molecular complexity index is 333. The summed E-state index contributed by atoms with van der Waals surface area (Å²) in [6.45, 7) is 2.51. The largest absolute Gasteiger partial charge is 0.497 e. The Kier molecular flexibility index (Phi) is 2.67. The van der Waals surface area contributed by atoms with E-state index in [4.69, 9.17) is 9.47 Å². The number of aliphatic hydroxyl groups is 1. The lowest BCUT2D eigenvalue weighted by atomic mass is 9.88. The smallest absolute Gasteiger partial charge is 0.118 e. The molecule has 82 valence electrons. The lowest BCUT2D eigenvalue weighted by molar-refractivity contribution is -0.0317. The molecule has 3 nitrogen and oxygen atoms in total. The molecule has 1 saturated heterocycles. The molecule has 2 rings (SSSR count). The van der Waals surface area contributed by atoms with Crippen molar-refractivity contribution in [2.24, 2.45) is 0 Å². The first-order valence-corrected chi connectivity index (χ1v) is 5.15. The Labute approximate surface area is 89.6 Å². The number of ether oxygens (including phenoxy) is 2. The Balaban J connectivity index is 2.28. The summed E-state index contributed by atoms with van der Waals surface area (Å²) in [5, 5.41) is 10.4. The average molecular weight is 208 g/mol. The number of rotatable bonds is 2. The van der Waals surface area contributed by atoms with Gasteiger partial charge in [0.25, 0.3) is 0 Å². The average Bonchev–Trinajstić information content (AvgIpc) is 2.61. The van der Waals surface area contributed by atoms with Gasteiger partial charge in [0, 0.05) is 6.42 Å². The van der Waals surface area contributed by atoms with Crippen molar-refractivity contribution in [2.45, 2.75) is 25.0 Å². The number of hydrogen-bond donors (Lipinski definition) is 1. The fraction of sp³-hybridized carbons (Fsp3) is 0.500. The van der Waals surface area contributed by atoms with Gasteiger partial charge in [0.2, 0.25) is 0 Å². The quantitative estimate of drug-likeness (QED) is 0.803. The maximum atomic E-state index is 10.4. The first-order valence-electron chi connectivity index (χ1n) is 5.15. The predicted molar refractivity (Wildman–Crippen MR) is 56.9 cm³/mol. The molecular weight excluding hydrogens is 192 g/mol. The molecule has 15 heavy (non-hydrogen) atoms. The van der Waals surface area contributed by atoms with Crippen molar-refractivity contribution < 1.29 is 14.6 Å². The molecular formula is C12H16O3. The van der Waals surface area contributed by atoms with Crippen molar-refractivity contribution in [1.82, 2.24) is 0 Å². The van der Waals surface area contributed by atoms with Crippen LogP contribution in [0.25, 0.3) is 0 Å². The van der Waals surface area contributed by atoms with E-state index in [0.717, 1.165) is 11.3 Å². The minimum absolute atomic E-state index is 0.147. The van der Waals surface area contributed by atoms with Crippen molar-refractivity contribution in [3.8, 4) is 5.75 Å². The van der Waals surface area contributed by atoms with Crippen LogP contribution < -0.4 is 4.74 Å². The summed E-state index contributed by atoms with van der Waals surface area (Å²) in [7, 11) is 1.63. The van der Waals surface area contributed by atoms with Crippen LogP contribution in [0.15, 0.2) is 24.3 Å². The van der Waals surface area contributed by atoms with Gasteiger partial charge < -0.3 is 14.6 Å². The SMILES string of the molecule is COc1ccc(C2(O)CCOC2C)cc1. The summed E-state index contributed by atoms with van der Waals surface area (Å²) in [6.07, 6.45) is 0.506. The zero-order chi connectivity index (χ0) is 10.9. The van der Waals surface area contributed by atoms with E-state index >= 15 is 0 Å². The Morgan fingerprint density at radius 3 is 2.53 bits per heavy atom. The monoisotopic (exact) mass is 208 g/mol. The number of methoxy groups -OCH3 is 1. The van der Waals surface area contributed by atoms with Gasteiger partial charge in [-0.25, -0.2) is 0 Å². The van der Waals surface area contributed by atoms with Gasteiger partial charge in [0.1, 0.15) is 11.4 Å². The van der Waals surface area contributed by atoms with Crippen LogP contribution in [0.2, 0.25) is 0 Å². The molecule has 1 heterocycles. The number of benzene rings is 1. The molecule has 0 aromatic heterocycles. The minimum Gasteiger partial charge on any atom is -0.497 e. The zero-order valence-electron chi connectivity index (χ0n) is 9.06. The highest BCUT2D eigenvalue weighted by molar-refractivity contribution is 5.32.